The van der Waals surface area contributed by atoms with Gasteiger partial charge in [0.25, 0.3) is 11.5 Å². The molecule has 3 N–H and O–H groups in total. The van der Waals surface area contributed by atoms with E-state index in [1.165, 1.54) is 4.90 Å². The fraction of sp³-hybridized carbons (Fsp3) is 0.304. The number of fused-ring (bicyclic) bond motifs is 1. The number of quaternary nitrogens is 1. The number of ether oxygens (including phenoxy) is 1. The molecule has 3 rings (SSSR count). The largest absolute Gasteiger partial charge is 0.496 e. The number of benzene rings is 2. The summed E-state index contributed by atoms with van der Waals surface area (Å²) >= 11 is 0. The lowest BCUT2D eigenvalue weighted by molar-refractivity contribution is -0.910. The number of amides is 1. The number of hydrogen-bond donors (Lipinski definition) is 3. The van der Waals surface area contributed by atoms with E-state index in [1.54, 1.807) is 31.4 Å². The number of aromatic nitrogens is 2. The second-order valence-corrected chi connectivity index (χ2v) is 7.25. The topological polar surface area (TPSA) is 101 Å². The molecule has 0 atom stereocenters. The van der Waals surface area contributed by atoms with Crippen LogP contribution in [0.2, 0.25) is 0 Å². The van der Waals surface area contributed by atoms with Gasteiger partial charge in [0.1, 0.15) is 12.3 Å². The summed E-state index contributed by atoms with van der Waals surface area (Å²) < 4.78 is 5.52. The van der Waals surface area contributed by atoms with Crippen molar-refractivity contribution in [1.29, 1.82) is 0 Å². The maximum Gasteiger partial charge on any atom is 0.292 e. The van der Waals surface area contributed by atoms with Gasteiger partial charge in [0.05, 0.1) is 31.3 Å². The second-order valence-electron chi connectivity index (χ2n) is 7.25. The van der Waals surface area contributed by atoms with Crippen LogP contribution in [0.5, 0.6) is 5.75 Å². The highest BCUT2D eigenvalue weighted by Crippen LogP contribution is 2.20. The number of aromatic amines is 1. The molecule has 1 amide bonds. The molecule has 3 aromatic rings. The van der Waals surface area contributed by atoms with Crippen LogP contribution < -0.4 is 20.6 Å². The number of nitrogens with zero attached hydrogens (tertiary/aromatic N) is 2. The highest BCUT2D eigenvalue weighted by atomic mass is 16.5. The maximum absolute atomic E-state index is 12.7. The van der Waals surface area contributed by atoms with Gasteiger partial charge in [0.2, 0.25) is 0 Å². The Bertz CT molecular complexity index is 1170. The Labute approximate surface area is 180 Å². The van der Waals surface area contributed by atoms with E-state index < -0.39 is 5.91 Å². The van der Waals surface area contributed by atoms with Gasteiger partial charge in [-0.05, 0) is 50.6 Å². The van der Waals surface area contributed by atoms with Crippen molar-refractivity contribution in [3.63, 3.8) is 0 Å². The molecular formula is C23H28N5O3+. The number of carbonyl (C=O) groups is 1. The van der Waals surface area contributed by atoms with Crippen LogP contribution in [0.15, 0.2) is 52.4 Å². The Balaban J connectivity index is 1.84. The Morgan fingerprint density at radius 2 is 1.87 bits per heavy atom. The van der Waals surface area contributed by atoms with E-state index in [9.17, 15) is 9.59 Å². The van der Waals surface area contributed by atoms with Crippen molar-refractivity contribution < 1.29 is 14.4 Å². The Morgan fingerprint density at radius 3 is 2.55 bits per heavy atom. The Kier molecular flexibility index (Phi) is 7.15. The molecule has 31 heavy (non-hydrogen) atoms. The van der Waals surface area contributed by atoms with Crippen LogP contribution in [-0.4, -0.2) is 42.0 Å². The lowest BCUT2D eigenvalue weighted by atomic mass is 10.1. The Morgan fingerprint density at radius 1 is 1.16 bits per heavy atom. The van der Waals surface area contributed by atoms with Crippen LogP contribution in [0.25, 0.3) is 10.8 Å². The monoisotopic (exact) mass is 422 g/mol. The van der Waals surface area contributed by atoms with Crippen molar-refractivity contribution in [2.24, 2.45) is 5.10 Å². The molecule has 0 aliphatic carbocycles. The third kappa shape index (κ3) is 4.97. The van der Waals surface area contributed by atoms with Gasteiger partial charge >= 0.3 is 0 Å². The minimum Gasteiger partial charge on any atom is -0.496 e. The van der Waals surface area contributed by atoms with E-state index in [0.717, 1.165) is 36.5 Å². The number of nitrogens with one attached hydrogen (secondary N) is 3. The fourth-order valence-electron chi connectivity index (χ4n) is 3.45. The molecule has 2 aromatic carbocycles. The standard InChI is InChI=1S/C23H27N5O3/c1-5-28(6-2)14-17-13-16(11-12-20(17)31-4)15(3)24-27-23(30)21-18-9-7-8-10-19(18)22(29)26-25-21/h7-13H,5-6,14H2,1-4H3,(H,26,29)(H,27,30)/p+1/b24-15-. The molecule has 1 heterocycles. The first-order valence-electron chi connectivity index (χ1n) is 10.3. The Hall–Kier alpha value is -3.52. The SMILES string of the molecule is CC[NH+](CC)Cc1cc(/C(C)=N\NC(=O)c2n[nH]c(=O)c3ccccc23)ccc1OC. The third-order valence-electron chi connectivity index (χ3n) is 5.37. The van der Waals surface area contributed by atoms with E-state index in [0.29, 0.717) is 16.5 Å². The summed E-state index contributed by atoms with van der Waals surface area (Å²) in [6.07, 6.45) is 0. The van der Waals surface area contributed by atoms with Crippen LogP contribution in [0.3, 0.4) is 0 Å². The van der Waals surface area contributed by atoms with E-state index >= 15 is 0 Å². The molecule has 8 nitrogen and oxygen atoms in total. The first-order valence-corrected chi connectivity index (χ1v) is 10.3. The highest BCUT2D eigenvalue weighted by Gasteiger charge is 2.15. The van der Waals surface area contributed by atoms with Gasteiger partial charge in [0.15, 0.2) is 5.69 Å². The van der Waals surface area contributed by atoms with Crippen molar-refractivity contribution in [3.05, 3.63) is 69.6 Å². The minimum absolute atomic E-state index is 0.118. The van der Waals surface area contributed by atoms with Gasteiger partial charge in [-0.1, -0.05) is 18.2 Å². The fourth-order valence-corrected chi connectivity index (χ4v) is 3.45. The van der Waals surface area contributed by atoms with Crippen molar-refractivity contribution in [2.45, 2.75) is 27.3 Å². The first-order chi connectivity index (χ1) is 15.0. The predicted octanol–water partition coefficient (Wildman–Crippen LogP) is 1.51. The lowest BCUT2D eigenvalue weighted by Gasteiger charge is -2.18. The lowest BCUT2D eigenvalue weighted by Crippen LogP contribution is -3.10. The molecule has 0 fully saturated rings. The van der Waals surface area contributed by atoms with Gasteiger partial charge in [-0.2, -0.15) is 10.2 Å². The zero-order valence-electron chi connectivity index (χ0n) is 18.3. The number of methoxy groups -OCH3 is 1. The minimum atomic E-state index is -0.492. The van der Waals surface area contributed by atoms with Gasteiger partial charge < -0.3 is 9.64 Å². The summed E-state index contributed by atoms with van der Waals surface area (Å²) in [6.45, 7) is 9.03. The summed E-state index contributed by atoms with van der Waals surface area (Å²) in [6, 6.07) is 12.7. The molecule has 0 aliphatic rings. The average Bonchev–Trinajstić information content (AvgIpc) is 2.81. The van der Waals surface area contributed by atoms with E-state index in [1.807, 2.05) is 25.1 Å². The van der Waals surface area contributed by atoms with Crippen molar-refractivity contribution >= 4 is 22.4 Å². The summed E-state index contributed by atoms with van der Waals surface area (Å²) in [5.41, 5.74) is 4.96. The molecule has 0 bridgehead atoms. The number of rotatable bonds is 8. The number of hydrazone groups is 1. The molecular weight excluding hydrogens is 394 g/mol. The van der Waals surface area contributed by atoms with E-state index in [2.05, 4.69) is 34.6 Å². The smallest absolute Gasteiger partial charge is 0.292 e. The van der Waals surface area contributed by atoms with Crippen LogP contribution in [-0.2, 0) is 6.54 Å². The zero-order chi connectivity index (χ0) is 22.4. The number of carbonyl (C=O) groups excluding carboxylic acids is 1. The highest BCUT2D eigenvalue weighted by molar-refractivity contribution is 6.06. The molecule has 162 valence electrons. The third-order valence-corrected chi connectivity index (χ3v) is 5.37. The second kappa shape index (κ2) is 9.99. The molecule has 8 heteroatoms. The van der Waals surface area contributed by atoms with E-state index in [-0.39, 0.29) is 11.3 Å². The molecule has 0 aliphatic heterocycles. The quantitative estimate of drug-likeness (QED) is 0.378. The molecule has 0 saturated heterocycles. The van der Waals surface area contributed by atoms with Crippen LogP contribution in [0, 0.1) is 0 Å². The van der Waals surface area contributed by atoms with Gasteiger partial charge in [-0.3, -0.25) is 9.59 Å². The van der Waals surface area contributed by atoms with Gasteiger partial charge in [0, 0.05) is 10.9 Å². The zero-order valence-corrected chi connectivity index (χ0v) is 18.3. The predicted molar refractivity (Wildman–Crippen MR) is 121 cm³/mol. The average molecular weight is 423 g/mol. The summed E-state index contributed by atoms with van der Waals surface area (Å²) in [5, 5.41) is 11.4. The first kappa shape index (κ1) is 22.2. The van der Waals surface area contributed by atoms with Gasteiger partial charge in [-0.25, -0.2) is 10.5 Å². The molecule has 1 aromatic heterocycles. The molecule has 0 radical (unpaired) electrons. The van der Waals surface area contributed by atoms with Crippen LogP contribution >= 0.6 is 0 Å². The van der Waals surface area contributed by atoms with Crippen molar-refractivity contribution in [1.82, 2.24) is 15.6 Å². The molecule has 0 spiro atoms. The van der Waals surface area contributed by atoms with Gasteiger partial charge in [-0.15, -0.1) is 0 Å². The number of H-pyrrole nitrogens is 1. The van der Waals surface area contributed by atoms with Crippen LogP contribution in [0.1, 0.15) is 42.4 Å². The summed E-state index contributed by atoms with van der Waals surface area (Å²) in [5.74, 6) is 0.344. The molecule has 0 saturated carbocycles. The van der Waals surface area contributed by atoms with Crippen molar-refractivity contribution in [3.8, 4) is 5.75 Å². The summed E-state index contributed by atoms with van der Waals surface area (Å²) in [4.78, 5) is 26.0. The van der Waals surface area contributed by atoms with E-state index in [4.69, 9.17) is 4.74 Å². The van der Waals surface area contributed by atoms with Crippen LogP contribution in [0.4, 0.5) is 0 Å². The molecule has 0 unspecified atom stereocenters. The summed E-state index contributed by atoms with van der Waals surface area (Å²) in [7, 11) is 1.67. The normalized spacial score (nSPS) is 11.7. The van der Waals surface area contributed by atoms with Crippen molar-refractivity contribution in [2.75, 3.05) is 20.2 Å². The maximum atomic E-state index is 12.7. The number of hydrogen-bond acceptors (Lipinski definition) is 5.